The maximum absolute atomic E-state index is 11.9. The van der Waals surface area contributed by atoms with Crippen molar-refractivity contribution < 1.29 is 9.72 Å². The van der Waals surface area contributed by atoms with Crippen LogP contribution in [0.4, 0.5) is 11.4 Å². The third-order valence-corrected chi connectivity index (χ3v) is 3.25. The fourth-order valence-electron chi connectivity index (χ4n) is 1.52. The van der Waals surface area contributed by atoms with E-state index in [0.717, 1.165) is 18.6 Å². The number of thioether (sulfide) groups is 1. The van der Waals surface area contributed by atoms with E-state index in [1.54, 1.807) is 11.8 Å². The van der Waals surface area contributed by atoms with Crippen molar-refractivity contribution >= 4 is 29.0 Å². The van der Waals surface area contributed by atoms with Crippen LogP contribution in [0, 0.1) is 10.1 Å². The quantitative estimate of drug-likeness (QED) is 0.345. The number of unbranched alkanes of at least 4 members (excludes halogenated alkanes) is 1. The molecular weight excluding hydrogens is 266 g/mol. The van der Waals surface area contributed by atoms with E-state index in [1.807, 2.05) is 6.26 Å². The number of nitrogen functional groups attached to an aromatic ring is 1. The smallest absolute Gasteiger partial charge is 0.270 e. The molecule has 19 heavy (non-hydrogen) atoms. The Morgan fingerprint density at radius 1 is 1.47 bits per heavy atom. The second-order valence-corrected chi connectivity index (χ2v) is 4.97. The Morgan fingerprint density at radius 2 is 2.21 bits per heavy atom. The largest absolute Gasteiger partial charge is 0.398 e. The maximum atomic E-state index is 11.9. The summed E-state index contributed by atoms with van der Waals surface area (Å²) in [5.74, 6) is 0.680. The normalized spacial score (nSPS) is 10.2. The van der Waals surface area contributed by atoms with Crippen LogP contribution in [-0.4, -0.2) is 29.4 Å². The van der Waals surface area contributed by atoms with Gasteiger partial charge in [-0.3, -0.25) is 14.9 Å². The number of anilines is 1. The van der Waals surface area contributed by atoms with Crippen molar-refractivity contribution in [2.45, 2.75) is 12.8 Å². The van der Waals surface area contributed by atoms with Gasteiger partial charge in [0.25, 0.3) is 11.6 Å². The SMILES string of the molecule is CSCCCCNC(=O)c1cc([N+](=O)[O-])ccc1N. The van der Waals surface area contributed by atoms with Crippen LogP contribution in [0.2, 0.25) is 0 Å². The number of nitro benzene ring substituents is 1. The Balaban J connectivity index is 2.61. The van der Waals surface area contributed by atoms with Gasteiger partial charge in [-0.25, -0.2) is 0 Å². The van der Waals surface area contributed by atoms with Crippen molar-refractivity contribution in [1.29, 1.82) is 0 Å². The molecular formula is C12H17N3O3S. The molecule has 1 rings (SSSR count). The Bertz CT molecular complexity index is 466. The number of hydrogen-bond acceptors (Lipinski definition) is 5. The van der Waals surface area contributed by atoms with Gasteiger partial charge in [-0.05, 0) is 30.9 Å². The van der Waals surface area contributed by atoms with E-state index in [-0.39, 0.29) is 22.8 Å². The summed E-state index contributed by atoms with van der Waals surface area (Å²) in [6.45, 7) is 0.543. The molecule has 0 unspecified atom stereocenters. The molecule has 1 aromatic carbocycles. The zero-order chi connectivity index (χ0) is 14.3. The molecule has 104 valence electrons. The Labute approximate surface area is 115 Å². The Kier molecular flexibility index (Phi) is 6.14. The molecule has 0 radical (unpaired) electrons. The van der Waals surface area contributed by atoms with Gasteiger partial charge >= 0.3 is 0 Å². The van der Waals surface area contributed by atoms with E-state index in [2.05, 4.69) is 5.32 Å². The molecule has 0 heterocycles. The highest BCUT2D eigenvalue weighted by Crippen LogP contribution is 2.19. The van der Waals surface area contributed by atoms with E-state index in [1.165, 1.54) is 18.2 Å². The number of carbonyl (C=O) groups excluding carboxylic acids is 1. The van der Waals surface area contributed by atoms with Gasteiger partial charge in [0, 0.05) is 24.4 Å². The molecule has 6 nitrogen and oxygen atoms in total. The van der Waals surface area contributed by atoms with Gasteiger partial charge in [0.15, 0.2) is 0 Å². The summed E-state index contributed by atoms with van der Waals surface area (Å²) >= 11 is 1.76. The maximum Gasteiger partial charge on any atom is 0.270 e. The van der Waals surface area contributed by atoms with Gasteiger partial charge in [-0.15, -0.1) is 0 Å². The van der Waals surface area contributed by atoms with E-state index in [4.69, 9.17) is 5.73 Å². The minimum atomic E-state index is -0.547. The summed E-state index contributed by atoms with van der Waals surface area (Å²) in [6, 6.07) is 3.86. The molecule has 0 bridgehead atoms. The lowest BCUT2D eigenvalue weighted by atomic mass is 10.1. The average molecular weight is 283 g/mol. The van der Waals surface area contributed by atoms with E-state index in [0.29, 0.717) is 6.54 Å². The van der Waals surface area contributed by atoms with Crippen molar-refractivity contribution in [1.82, 2.24) is 5.32 Å². The lowest BCUT2D eigenvalue weighted by Crippen LogP contribution is -2.25. The lowest BCUT2D eigenvalue weighted by Gasteiger charge is -2.07. The van der Waals surface area contributed by atoms with Crippen molar-refractivity contribution in [2.75, 3.05) is 24.3 Å². The molecule has 7 heteroatoms. The fraction of sp³-hybridized carbons (Fsp3) is 0.417. The molecule has 0 spiro atoms. The molecule has 0 saturated heterocycles. The van der Waals surface area contributed by atoms with Crippen molar-refractivity contribution in [2.24, 2.45) is 0 Å². The number of nitrogens with two attached hydrogens (primary N) is 1. The van der Waals surface area contributed by atoms with E-state index >= 15 is 0 Å². The van der Waals surface area contributed by atoms with Crippen LogP contribution in [0.3, 0.4) is 0 Å². The minimum absolute atomic E-state index is 0.137. The molecule has 0 atom stereocenters. The minimum Gasteiger partial charge on any atom is -0.398 e. The van der Waals surface area contributed by atoms with Crippen LogP contribution in [0.1, 0.15) is 23.2 Å². The third kappa shape index (κ3) is 4.78. The number of nitrogens with zero attached hydrogens (tertiary/aromatic N) is 1. The van der Waals surface area contributed by atoms with Crippen LogP contribution < -0.4 is 11.1 Å². The first-order chi connectivity index (χ1) is 9.06. The fourth-order valence-corrected chi connectivity index (χ4v) is 2.02. The summed E-state index contributed by atoms with van der Waals surface area (Å²) in [7, 11) is 0. The Hall–Kier alpha value is -1.76. The first-order valence-electron chi connectivity index (χ1n) is 5.87. The van der Waals surface area contributed by atoms with Gasteiger partial charge in [0.05, 0.1) is 10.5 Å². The van der Waals surface area contributed by atoms with Crippen LogP contribution in [0.25, 0.3) is 0 Å². The monoisotopic (exact) mass is 283 g/mol. The highest BCUT2D eigenvalue weighted by molar-refractivity contribution is 7.98. The van der Waals surface area contributed by atoms with Crippen LogP contribution in [0.15, 0.2) is 18.2 Å². The Morgan fingerprint density at radius 3 is 2.84 bits per heavy atom. The molecule has 1 aromatic rings. The lowest BCUT2D eigenvalue weighted by molar-refractivity contribution is -0.384. The van der Waals surface area contributed by atoms with Crippen molar-refractivity contribution in [3.05, 3.63) is 33.9 Å². The van der Waals surface area contributed by atoms with E-state index in [9.17, 15) is 14.9 Å². The zero-order valence-electron chi connectivity index (χ0n) is 10.7. The first kappa shape index (κ1) is 15.3. The summed E-state index contributed by atoms with van der Waals surface area (Å²) in [4.78, 5) is 22.0. The second-order valence-electron chi connectivity index (χ2n) is 3.98. The highest BCUT2D eigenvalue weighted by Gasteiger charge is 2.14. The summed E-state index contributed by atoms with van der Waals surface area (Å²) < 4.78 is 0. The van der Waals surface area contributed by atoms with Gasteiger partial charge in [0.2, 0.25) is 0 Å². The number of rotatable bonds is 7. The number of nitrogens with one attached hydrogen (secondary N) is 1. The molecule has 0 aromatic heterocycles. The van der Waals surface area contributed by atoms with Crippen molar-refractivity contribution in [3.63, 3.8) is 0 Å². The number of carbonyl (C=O) groups is 1. The van der Waals surface area contributed by atoms with Gasteiger partial charge in [0.1, 0.15) is 0 Å². The van der Waals surface area contributed by atoms with Crippen molar-refractivity contribution in [3.8, 4) is 0 Å². The number of amides is 1. The summed E-state index contributed by atoms with van der Waals surface area (Å²) in [5.41, 5.74) is 5.91. The topological polar surface area (TPSA) is 98.3 Å². The summed E-state index contributed by atoms with van der Waals surface area (Å²) in [6.07, 6.45) is 3.93. The average Bonchev–Trinajstić information content (AvgIpc) is 2.38. The highest BCUT2D eigenvalue weighted by atomic mass is 32.2. The number of nitro groups is 1. The van der Waals surface area contributed by atoms with E-state index < -0.39 is 4.92 Å². The molecule has 0 fully saturated rings. The van der Waals surface area contributed by atoms with Gasteiger partial charge in [-0.1, -0.05) is 0 Å². The third-order valence-electron chi connectivity index (χ3n) is 2.55. The predicted octanol–water partition coefficient (Wildman–Crippen LogP) is 2.05. The van der Waals surface area contributed by atoms with Crippen LogP contribution >= 0.6 is 11.8 Å². The van der Waals surface area contributed by atoms with Gasteiger partial charge in [-0.2, -0.15) is 11.8 Å². The molecule has 0 aliphatic rings. The number of non-ortho nitro benzene ring substituents is 1. The van der Waals surface area contributed by atoms with Crippen LogP contribution in [0.5, 0.6) is 0 Å². The molecule has 0 saturated carbocycles. The molecule has 0 aliphatic carbocycles. The molecule has 0 aliphatic heterocycles. The molecule has 3 N–H and O–H groups in total. The second kappa shape index (κ2) is 7.63. The standard InChI is InChI=1S/C12H17N3O3S/c1-19-7-3-2-6-14-12(16)10-8-9(15(17)18)4-5-11(10)13/h4-5,8H,2-3,6-7,13H2,1H3,(H,14,16). The molecule has 1 amide bonds. The first-order valence-corrected chi connectivity index (χ1v) is 7.26. The van der Waals surface area contributed by atoms with Crippen LogP contribution in [-0.2, 0) is 0 Å². The number of hydrogen-bond donors (Lipinski definition) is 2. The summed E-state index contributed by atoms with van der Waals surface area (Å²) in [5, 5.41) is 13.4. The van der Waals surface area contributed by atoms with Gasteiger partial charge < -0.3 is 11.1 Å². The zero-order valence-corrected chi connectivity index (χ0v) is 11.5. The predicted molar refractivity (Wildman–Crippen MR) is 77.5 cm³/mol. The number of benzene rings is 1.